The van der Waals surface area contributed by atoms with Gasteiger partial charge in [-0.2, -0.15) is 0 Å². The van der Waals surface area contributed by atoms with E-state index in [0.717, 1.165) is 12.2 Å². The summed E-state index contributed by atoms with van der Waals surface area (Å²) < 4.78 is 5.65. The minimum Gasteiger partial charge on any atom is -0.464 e. The summed E-state index contributed by atoms with van der Waals surface area (Å²) in [5, 5.41) is 0. The predicted molar refractivity (Wildman–Crippen MR) is 102 cm³/mol. The first-order valence-corrected chi connectivity index (χ1v) is 9.23. The number of fused-ring (bicyclic) bond motifs is 1. The van der Waals surface area contributed by atoms with Gasteiger partial charge in [-0.25, -0.2) is 0 Å². The molecule has 0 amide bonds. The topological polar surface area (TPSA) is 16.4 Å². The SMILES string of the molecule is CCCN(C(C)C)C1CSc2cccc(-c3ccco3)c2C1.Cl. The quantitative estimate of drug-likeness (QED) is 0.707. The van der Waals surface area contributed by atoms with E-state index >= 15 is 0 Å². The number of furan rings is 1. The number of thioether (sulfide) groups is 1. The highest BCUT2D eigenvalue weighted by molar-refractivity contribution is 7.99. The second-order valence-corrected chi connectivity index (χ2v) is 7.32. The molecule has 1 aliphatic rings. The van der Waals surface area contributed by atoms with Gasteiger partial charge in [-0.3, -0.25) is 4.90 Å². The zero-order valence-corrected chi connectivity index (χ0v) is 15.8. The molecule has 0 spiro atoms. The molecule has 2 aromatic rings. The highest BCUT2D eigenvalue weighted by Crippen LogP contribution is 2.38. The van der Waals surface area contributed by atoms with E-state index in [0.29, 0.717) is 12.1 Å². The lowest BCUT2D eigenvalue weighted by Gasteiger charge is -2.38. The Kier molecular flexibility index (Phi) is 6.63. The molecule has 0 aliphatic carbocycles. The van der Waals surface area contributed by atoms with Gasteiger partial charge in [0, 0.05) is 28.3 Å². The first-order valence-electron chi connectivity index (χ1n) is 8.25. The maximum atomic E-state index is 5.65. The van der Waals surface area contributed by atoms with Gasteiger partial charge in [-0.05, 0) is 57.0 Å². The van der Waals surface area contributed by atoms with Crippen LogP contribution in [0.15, 0.2) is 45.9 Å². The summed E-state index contributed by atoms with van der Waals surface area (Å²) in [7, 11) is 0. The Balaban J connectivity index is 0.00000192. The van der Waals surface area contributed by atoms with Crippen LogP contribution in [0.1, 0.15) is 32.8 Å². The maximum Gasteiger partial charge on any atom is 0.134 e. The molecule has 23 heavy (non-hydrogen) atoms. The van der Waals surface area contributed by atoms with Gasteiger partial charge in [-0.15, -0.1) is 24.2 Å². The molecule has 0 saturated carbocycles. The van der Waals surface area contributed by atoms with Gasteiger partial charge in [0.15, 0.2) is 0 Å². The summed E-state index contributed by atoms with van der Waals surface area (Å²) in [6, 6.07) is 11.9. The lowest BCUT2D eigenvalue weighted by molar-refractivity contribution is 0.164. The second-order valence-electron chi connectivity index (χ2n) is 6.26. The zero-order valence-electron chi connectivity index (χ0n) is 14.1. The molecule has 3 rings (SSSR count). The fourth-order valence-electron chi connectivity index (χ4n) is 3.39. The first-order chi connectivity index (χ1) is 10.7. The lowest BCUT2D eigenvalue weighted by atomic mass is 9.97. The van der Waals surface area contributed by atoms with Crippen molar-refractivity contribution in [2.75, 3.05) is 12.3 Å². The molecular formula is C19H26ClNOS. The third-order valence-electron chi connectivity index (χ3n) is 4.40. The Morgan fingerprint density at radius 3 is 2.74 bits per heavy atom. The molecule has 0 saturated heterocycles. The van der Waals surface area contributed by atoms with Crippen molar-refractivity contribution < 1.29 is 4.42 Å². The molecular weight excluding hydrogens is 326 g/mol. The molecule has 4 heteroatoms. The lowest BCUT2D eigenvalue weighted by Crippen LogP contribution is -2.44. The van der Waals surface area contributed by atoms with Crippen LogP contribution >= 0.6 is 24.2 Å². The van der Waals surface area contributed by atoms with Gasteiger partial charge in [0.2, 0.25) is 0 Å². The van der Waals surface area contributed by atoms with Crippen molar-refractivity contribution >= 4 is 24.2 Å². The number of hydrogen-bond donors (Lipinski definition) is 0. The Bertz CT molecular complexity index is 612. The Morgan fingerprint density at radius 1 is 1.26 bits per heavy atom. The third-order valence-corrected chi connectivity index (χ3v) is 5.65. The van der Waals surface area contributed by atoms with Gasteiger partial charge in [0.25, 0.3) is 0 Å². The first kappa shape index (κ1) is 18.4. The van der Waals surface area contributed by atoms with Crippen LogP contribution < -0.4 is 0 Å². The number of halogens is 1. The molecule has 1 atom stereocenters. The van der Waals surface area contributed by atoms with Crippen molar-refractivity contribution in [1.82, 2.24) is 4.90 Å². The summed E-state index contributed by atoms with van der Waals surface area (Å²) in [6.45, 7) is 8.08. The molecule has 126 valence electrons. The van der Waals surface area contributed by atoms with Crippen LogP contribution in [0.2, 0.25) is 0 Å². The Morgan fingerprint density at radius 2 is 2.09 bits per heavy atom. The van der Waals surface area contributed by atoms with E-state index in [9.17, 15) is 0 Å². The standard InChI is InChI=1S/C19H25NOS.ClH/c1-4-10-20(14(2)3)15-12-17-16(18-8-6-11-21-18)7-5-9-19(17)22-13-15;/h5-9,11,14-15H,4,10,12-13H2,1-3H3;1H. The highest BCUT2D eigenvalue weighted by Gasteiger charge is 2.28. The van der Waals surface area contributed by atoms with Gasteiger partial charge in [0.1, 0.15) is 5.76 Å². The normalized spacial score (nSPS) is 17.2. The van der Waals surface area contributed by atoms with Crippen molar-refractivity contribution in [3.05, 3.63) is 42.2 Å². The molecule has 0 fully saturated rings. The van der Waals surface area contributed by atoms with Crippen LogP contribution in [0.3, 0.4) is 0 Å². The van der Waals surface area contributed by atoms with Crippen molar-refractivity contribution in [3.63, 3.8) is 0 Å². The Labute approximate surface area is 150 Å². The molecule has 2 nitrogen and oxygen atoms in total. The molecule has 0 radical (unpaired) electrons. The van der Waals surface area contributed by atoms with E-state index in [4.69, 9.17) is 4.42 Å². The summed E-state index contributed by atoms with van der Waals surface area (Å²) in [5.41, 5.74) is 2.72. The monoisotopic (exact) mass is 351 g/mol. The maximum absolute atomic E-state index is 5.65. The van der Waals surface area contributed by atoms with Crippen LogP contribution in [0.4, 0.5) is 0 Å². The van der Waals surface area contributed by atoms with Crippen molar-refractivity contribution in [1.29, 1.82) is 0 Å². The fourth-order valence-corrected chi connectivity index (χ4v) is 4.61. The van der Waals surface area contributed by atoms with Crippen LogP contribution in [0, 0.1) is 0 Å². The molecule has 0 N–H and O–H groups in total. The van der Waals surface area contributed by atoms with Gasteiger partial charge < -0.3 is 4.42 Å². The van der Waals surface area contributed by atoms with Crippen LogP contribution in [-0.2, 0) is 6.42 Å². The number of nitrogens with zero attached hydrogens (tertiary/aromatic N) is 1. The van der Waals surface area contributed by atoms with E-state index in [1.807, 2.05) is 17.8 Å². The molecule has 1 aromatic carbocycles. The number of rotatable bonds is 5. The molecule has 1 unspecified atom stereocenters. The summed E-state index contributed by atoms with van der Waals surface area (Å²) in [6.07, 6.45) is 4.10. The Hall–Kier alpha value is -0.900. The largest absolute Gasteiger partial charge is 0.464 e. The van der Waals surface area contributed by atoms with Crippen LogP contribution in [-0.4, -0.2) is 29.3 Å². The predicted octanol–water partition coefficient (Wildman–Crippen LogP) is 5.51. The average Bonchev–Trinajstić information content (AvgIpc) is 3.05. The van der Waals surface area contributed by atoms with Crippen molar-refractivity contribution in [2.24, 2.45) is 0 Å². The van der Waals surface area contributed by atoms with Gasteiger partial charge >= 0.3 is 0 Å². The van der Waals surface area contributed by atoms with Crippen molar-refractivity contribution in [3.8, 4) is 11.3 Å². The third kappa shape index (κ3) is 3.96. The van der Waals surface area contributed by atoms with E-state index < -0.39 is 0 Å². The minimum absolute atomic E-state index is 0. The molecule has 1 aromatic heterocycles. The zero-order chi connectivity index (χ0) is 15.5. The average molecular weight is 352 g/mol. The number of hydrogen-bond acceptors (Lipinski definition) is 3. The van der Waals surface area contributed by atoms with Crippen molar-refractivity contribution in [2.45, 2.75) is 50.6 Å². The van der Waals surface area contributed by atoms with Gasteiger partial charge in [0.05, 0.1) is 6.26 Å². The highest BCUT2D eigenvalue weighted by atomic mass is 35.5. The summed E-state index contributed by atoms with van der Waals surface area (Å²) >= 11 is 2.00. The summed E-state index contributed by atoms with van der Waals surface area (Å²) in [4.78, 5) is 4.08. The summed E-state index contributed by atoms with van der Waals surface area (Å²) in [5.74, 6) is 2.18. The van der Waals surface area contributed by atoms with Crippen LogP contribution in [0.5, 0.6) is 0 Å². The van der Waals surface area contributed by atoms with Gasteiger partial charge in [-0.1, -0.05) is 19.1 Å². The number of benzene rings is 1. The second kappa shape index (κ2) is 8.27. The van der Waals surface area contributed by atoms with Crippen LogP contribution in [0.25, 0.3) is 11.3 Å². The smallest absolute Gasteiger partial charge is 0.134 e. The van der Waals surface area contributed by atoms with E-state index in [1.54, 1.807) is 6.26 Å². The molecule has 0 bridgehead atoms. The van der Waals surface area contributed by atoms with E-state index in [1.165, 1.54) is 34.7 Å². The molecule has 1 aliphatic heterocycles. The minimum atomic E-state index is 0. The molecule has 2 heterocycles. The fraction of sp³-hybridized carbons (Fsp3) is 0.474. The van der Waals surface area contributed by atoms with E-state index in [-0.39, 0.29) is 12.4 Å². The van der Waals surface area contributed by atoms with E-state index in [2.05, 4.69) is 49.9 Å².